The van der Waals surface area contributed by atoms with E-state index in [0.29, 0.717) is 44.5 Å². The van der Waals surface area contributed by atoms with E-state index in [-0.39, 0.29) is 68.2 Å². The molecule has 14 nitrogen and oxygen atoms in total. The lowest BCUT2D eigenvalue weighted by Gasteiger charge is -2.42. The summed E-state index contributed by atoms with van der Waals surface area (Å²) in [5.74, 6) is -6.21. The van der Waals surface area contributed by atoms with Crippen molar-refractivity contribution < 1.29 is 67.4 Å². The molecule has 2 saturated heterocycles. The number of hydrogen-bond donors (Lipinski definition) is 0. The van der Waals surface area contributed by atoms with Crippen molar-refractivity contribution in [1.82, 2.24) is 0 Å². The Hall–Kier alpha value is -4.56. The molecule has 0 bridgehead atoms. The molecule has 0 amide bonds. The maximum atomic E-state index is 12.6. The Kier molecular flexibility index (Phi) is 13.6. The van der Waals surface area contributed by atoms with Gasteiger partial charge in [-0.2, -0.15) is 0 Å². The largest absolute Gasteiger partial charge is 0.550 e. The number of benzene rings is 1. The first kappa shape index (κ1) is 36.9. The van der Waals surface area contributed by atoms with Crippen molar-refractivity contribution in [1.29, 1.82) is 0 Å². The Labute approximate surface area is 271 Å². The van der Waals surface area contributed by atoms with E-state index < -0.39 is 47.1 Å². The molecule has 2 heterocycles. The number of carboxylic acid groups (broad SMARTS) is 2. The van der Waals surface area contributed by atoms with Crippen LogP contribution in [0.5, 0.6) is 0 Å². The van der Waals surface area contributed by atoms with E-state index in [4.69, 9.17) is 28.4 Å². The lowest BCUT2D eigenvalue weighted by atomic mass is 9.64. The highest BCUT2D eigenvalue weighted by Gasteiger charge is 2.49. The lowest BCUT2D eigenvalue weighted by Crippen LogP contribution is -2.51. The second kappa shape index (κ2) is 17.4. The highest BCUT2D eigenvalue weighted by atomic mass is 16.6. The molecule has 2 aliphatic heterocycles. The maximum absolute atomic E-state index is 12.6. The Morgan fingerprint density at radius 1 is 0.957 bits per heavy atom. The molecular formula is C33H38O14-2. The molecule has 0 radical (unpaired) electrons. The van der Waals surface area contributed by atoms with Gasteiger partial charge in [-0.3, -0.25) is 4.79 Å². The minimum atomic E-state index is -1.50. The summed E-state index contributed by atoms with van der Waals surface area (Å²) in [6, 6.07) is 4.40. The van der Waals surface area contributed by atoms with E-state index in [2.05, 4.69) is 13.2 Å². The molecule has 47 heavy (non-hydrogen) atoms. The van der Waals surface area contributed by atoms with E-state index in [1.165, 1.54) is 25.1 Å². The molecule has 0 aromatic heterocycles. The highest BCUT2D eigenvalue weighted by molar-refractivity contribution is 6.02. The van der Waals surface area contributed by atoms with E-state index in [0.717, 1.165) is 6.08 Å². The lowest BCUT2D eigenvalue weighted by molar-refractivity contribution is -0.317. The van der Waals surface area contributed by atoms with Crippen molar-refractivity contribution in [2.75, 3.05) is 39.6 Å². The third kappa shape index (κ3) is 11.0. The van der Waals surface area contributed by atoms with Crippen LogP contribution < -0.4 is 10.2 Å². The number of aliphatic carboxylic acids is 1. The van der Waals surface area contributed by atoms with Gasteiger partial charge in [0.2, 0.25) is 0 Å². The molecule has 14 heteroatoms. The van der Waals surface area contributed by atoms with Gasteiger partial charge in [0.1, 0.15) is 25.4 Å². The first-order valence-electron chi connectivity index (χ1n) is 15.1. The van der Waals surface area contributed by atoms with Gasteiger partial charge in [0.25, 0.3) is 0 Å². The van der Waals surface area contributed by atoms with Crippen LogP contribution in [0.25, 0.3) is 0 Å². The zero-order valence-corrected chi connectivity index (χ0v) is 26.2. The molecular weight excluding hydrogens is 620 g/mol. The summed E-state index contributed by atoms with van der Waals surface area (Å²) in [6.07, 6.45) is 3.16. The first-order chi connectivity index (χ1) is 22.4. The predicted molar refractivity (Wildman–Crippen MR) is 156 cm³/mol. The molecule has 1 aromatic carbocycles. The molecule has 3 fully saturated rings. The van der Waals surface area contributed by atoms with Crippen molar-refractivity contribution in [3.8, 4) is 0 Å². The zero-order valence-electron chi connectivity index (χ0n) is 26.2. The number of rotatable bonds is 16. The minimum Gasteiger partial charge on any atom is -0.550 e. The van der Waals surface area contributed by atoms with Crippen LogP contribution in [0.3, 0.4) is 0 Å². The Bertz CT molecular complexity index is 1360. The van der Waals surface area contributed by atoms with Gasteiger partial charge in [-0.15, -0.1) is 0 Å². The van der Waals surface area contributed by atoms with Gasteiger partial charge in [-0.25, -0.2) is 14.4 Å². The van der Waals surface area contributed by atoms with Crippen LogP contribution in [0, 0.1) is 11.3 Å². The van der Waals surface area contributed by atoms with Crippen LogP contribution in [0.1, 0.15) is 65.3 Å². The maximum Gasteiger partial charge on any atom is 0.338 e. The van der Waals surface area contributed by atoms with Crippen LogP contribution in [0.4, 0.5) is 0 Å². The molecule has 1 aliphatic carbocycles. The summed E-state index contributed by atoms with van der Waals surface area (Å²) in [7, 11) is 0. The van der Waals surface area contributed by atoms with Crippen molar-refractivity contribution in [3.63, 3.8) is 0 Å². The third-order valence-corrected chi connectivity index (χ3v) is 7.82. The van der Waals surface area contributed by atoms with Crippen molar-refractivity contribution >= 4 is 35.8 Å². The standard InChI is InChI=1S/C17H24O7.C16H16O7/c1-11(2)15(20)22-8-7-17(16(21)24-10-12-9-23-12)6-4-3-5-13(17)14(18)19;1-2-13(17)21-7-6-10-4-3-5-12(14(10)15(18)19)16(20)23-9-11-8-22-11/h12-13H,1,3-10H2,2H3,(H,18,19);2-5,11H,1,6-9H2,(H,18,19)/p-2. The molecule has 1 saturated carbocycles. The van der Waals surface area contributed by atoms with Crippen LogP contribution in [0.15, 0.2) is 43.0 Å². The number of aromatic carboxylic acids is 1. The summed E-state index contributed by atoms with van der Waals surface area (Å²) in [5, 5.41) is 22.9. The zero-order chi connectivity index (χ0) is 34.6. The van der Waals surface area contributed by atoms with Gasteiger partial charge in [0.05, 0.1) is 43.4 Å². The molecule has 4 rings (SSSR count). The predicted octanol–water partition coefficient (Wildman–Crippen LogP) is 0.242. The van der Waals surface area contributed by atoms with Gasteiger partial charge in [-0.05, 0) is 37.8 Å². The summed E-state index contributed by atoms with van der Waals surface area (Å²) in [6.45, 7) is 9.42. The Morgan fingerprint density at radius 3 is 2.19 bits per heavy atom. The average Bonchev–Trinajstić information content (AvgIpc) is 3.98. The van der Waals surface area contributed by atoms with E-state index in [1.54, 1.807) is 0 Å². The average molecular weight is 659 g/mol. The normalized spacial score (nSPS) is 22.3. The fourth-order valence-corrected chi connectivity index (χ4v) is 5.10. The Morgan fingerprint density at radius 2 is 1.62 bits per heavy atom. The van der Waals surface area contributed by atoms with Crippen molar-refractivity contribution in [2.24, 2.45) is 11.3 Å². The first-order valence-corrected chi connectivity index (χ1v) is 15.1. The quantitative estimate of drug-likeness (QED) is 0.101. The van der Waals surface area contributed by atoms with Gasteiger partial charge < -0.3 is 48.2 Å². The number of hydrogen-bond acceptors (Lipinski definition) is 14. The van der Waals surface area contributed by atoms with Crippen LogP contribution in [0.2, 0.25) is 0 Å². The number of carbonyl (C=O) groups excluding carboxylic acids is 6. The van der Waals surface area contributed by atoms with Crippen molar-refractivity contribution in [2.45, 2.75) is 57.7 Å². The second-order valence-corrected chi connectivity index (χ2v) is 11.3. The molecule has 1 aromatic rings. The number of ether oxygens (including phenoxy) is 6. The molecule has 256 valence electrons. The fraction of sp³-hybridized carbons (Fsp3) is 0.515. The summed E-state index contributed by atoms with van der Waals surface area (Å²) >= 11 is 0. The molecule has 0 spiro atoms. The molecule has 0 N–H and O–H groups in total. The molecule has 3 aliphatic rings. The van der Waals surface area contributed by atoms with Gasteiger partial charge in [0.15, 0.2) is 0 Å². The number of carbonyl (C=O) groups is 6. The summed E-state index contributed by atoms with van der Waals surface area (Å²) in [4.78, 5) is 70.1. The summed E-state index contributed by atoms with van der Waals surface area (Å²) in [5.41, 5.74) is -1.01. The third-order valence-electron chi connectivity index (χ3n) is 7.82. The Balaban J connectivity index is 0.000000256. The monoisotopic (exact) mass is 658 g/mol. The van der Waals surface area contributed by atoms with Gasteiger partial charge in [-0.1, -0.05) is 38.1 Å². The number of epoxide rings is 2. The minimum absolute atomic E-state index is 0.0421. The fourth-order valence-electron chi connectivity index (χ4n) is 5.10. The van der Waals surface area contributed by atoms with E-state index in [9.17, 15) is 39.0 Å². The SMILES string of the molecule is C=C(C)C(=O)OCCC1(C(=O)OCC2CO2)CCCCC1C(=O)[O-].C=CC(=O)OCCc1cccc(C(=O)OCC2CO2)c1C(=O)[O-]. The van der Waals surface area contributed by atoms with Crippen molar-refractivity contribution in [3.05, 3.63) is 59.7 Å². The van der Waals surface area contributed by atoms with Crippen LogP contribution >= 0.6 is 0 Å². The van der Waals surface area contributed by atoms with Crippen LogP contribution in [-0.2, 0) is 54.0 Å². The van der Waals surface area contributed by atoms with E-state index in [1.807, 2.05) is 0 Å². The second-order valence-electron chi connectivity index (χ2n) is 11.3. The number of esters is 4. The van der Waals surface area contributed by atoms with Gasteiger partial charge >= 0.3 is 23.9 Å². The number of carboxylic acids is 2. The van der Waals surface area contributed by atoms with E-state index >= 15 is 0 Å². The topological polar surface area (TPSA) is 211 Å². The smallest absolute Gasteiger partial charge is 0.338 e. The van der Waals surface area contributed by atoms with Gasteiger partial charge in [0, 0.05) is 35.5 Å². The summed E-state index contributed by atoms with van der Waals surface area (Å²) < 4.78 is 30.1. The molecule has 4 atom stereocenters. The van der Waals surface area contributed by atoms with Crippen LogP contribution in [-0.4, -0.2) is 87.7 Å². The molecule has 4 unspecified atom stereocenters. The highest BCUT2D eigenvalue weighted by Crippen LogP contribution is 2.45.